The second-order valence-corrected chi connectivity index (χ2v) is 33.4. The predicted molar refractivity (Wildman–Crippen MR) is 501 cm³/mol. The maximum atomic E-state index is 13.0. The van der Waals surface area contributed by atoms with Gasteiger partial charge in [0.05, 0.1) is 89.2 Å². The normalized spacial score (nSPS) is 15.1. The Bertz CT molecular complexity index is 4930. The van der Waals surface area contributed by atoms with Gasteiger partial charge in [-0.2, -0.15) is 0 Å². The Hall–Kier alpha value is -13.7. The van der Waals surface area contributed by atoms with Gasteiger partial charge in [0.25, 0.3) is 0 Å². The second-order valence-electron chi connectivity index (χ2n) is 33.4. The fourth-order valence-electron chi connectivity index (χ4n) is 15.9. The Morgan fingerprint density at radius 3 is 0.723 bits per heavy atom. The van der Waals surface area contributed by atoms with E-state index in [9.17, 15) is 87.3 Å². The largest absolute Gasteiger partial charge is 0.546 e. The lowest BCUT2D eigenvalue weighted by atomic mass is 9.87. The number of aliphatic carboxylic acids is 4. The van der Waals surface area contributed by atoms with E-state index in [2.05, 4.69) is 14.7 Å². The molecule has 6 N–H and O–H groups in total. The zero-order valence-corrected chi connectivity index (χ0v) is 78.3. The van der Waals surface area contributed by atoms with Gasteiger partial charge in [0.2, 0.25) is 18.3 Å². The fourth-order valence-corrected chi connectivity index (χ4v) is 15.9. The minimum atomic E-state index is -2.33. The summed E-state index contributed by atoms with van der Waals surface area (Å²) in [4.78, 5) is 102. The Kier molecular flexibility index (Phi) is 41.8. The zero-order chi connectivity index (χ0) is 99.4. The number of aryl methyl sites for hydroxylation is 4. The molecule has 10 aromatic rings. The Labute approximate surface area is 795 Å². The zero-order valence-electron chi connectivity index (χ0n) is 78.3. The van der Waals surface area contributed by atoms with Crippen molar-refractivity contribution in [2.45, 2.75) is 128 Å². The number of rotatable bonds is 35. The van der Waals surface area contributed by atoms with E-state index in [0.717, 1.165) is 172 Å². The molecule has 10 aromatic carbocycles. The summed E-state index contributed by atoms with van der Waals surface area (Å²) >= 11 is 0. The summed E-state index contributed by atoms with van der Waals surface area (Å²) in [6, 6.07) is 61.1. The molecule has 3 saturated heterocycles. The van der Waals surface area contributed by atoms with Gasteiger partial charge in [-0.1, -0.05) is 144 Å². The number of hydrogen-bond donors (Lipinski definition) is 6. The van der Waals surface area contributed by atoms with Crippen LogP contribution < -0.4 is 33.5 Å². The van der Waals surface area contributed by atoms with Crippen LogP contribution in [0.3, 0.4) is 0 Å². The lowest BCUT2D eigenvalue weighted by molar-refractivity contribution is -0.317. The maximum absolute atomic E-state index is 13.0. The summed E-state index contributed by atoms with van der Waals surface area (Å²) in [6.07, 6.45) is -2.39. The van der Waals surface area contributed by atoms with Crippen molar-refractivity contribution < 1.29 is 135 Å². The van der Waals surface area contributed by atoms with Crippen molar-refractivity contribution >= 4 is 47.8 Å². The molecule has 137 heavy (non-hydrogen) atoms. The molecule has 0 aliphatic carbocycles. The third-order valence-corrected chi connectivity index (χ3v) is 24.0. The number of benzene rings is 10. The van der Waals surface area contributed by atoms with E-state index in [-0.39, 0.29) is 57.5 Å². The lowest BCUT2D eigenvalue weighted by Crippen LogP contribution is -2.51. The number of para-hydroxylation sites is 3. The van der Waals surface area contributed by atoms with Crippen molar-refractivity contribution in [3.63, 3.8) is 0 Å². The highest BCUT2D eigenvalue weighted by atomic mass is 19.1. The summed E-state index contributed by atoms with van der Waals surface area (Å²) in [6.45, 7) is 15.7. The minimum absolute atomic E-state index is 0.00542. The fraction of sp³-hybridized carbons (Fsp3) is 0.358. The summed E-state index contributed by atoms with van der Waals surface area (Å²) in [5, 5.41) is 72.0. The smallest absolute Gasteiger partial charge is 0.349 e. The molecule has 0 bridgehead atoms. The summed E-state index contributed by atoms with van der Waals surface area (Å²) < 4.78 is 90.6. The van der Waals surface area contributed by atoms with Crippen LogP contribution in [0.4, 0.5) is 13.2 Å². The SMILES string of the molecule is COc1cccc([C@@H](O)C2CCN(CCc3ccc(F)cc3)CC2)c1OC.COc1cccc([C@H](O)C2CCN(CCc3ccc(F)cc3)CC2)c1OC.COc1cccc([C@H](O)C2CCN(CCc3ccc(F)cc3)CC2)c1OC.Cc1ccc(C(=O)O[C@H](C(=O)O)[C@H](OC(=O)c2ccc(C)cc2)C(=O)O)cc1.Cc1ccc(C(=O)O[C@H](C(=O)[O-])[C@H](OC(=O)c2ccc(C)cc2)C(=O)O)cc1. The average molecular weight is 1890 g/mol. The highest BCUT2D eigenvalue weighted by Gasteiger charge is 2.42. The molecule has 28 nitrogen and oxygen atoms in total. The first-order chi connectivity index (χ1) is 65.7. The average Bonchev–Trinajstić information content (AvgIpc) is 0.816. The van der Waals surface area contributed by atoms with Gasteiger partial charge in [0, 0.05) is 36.3 Å². The van der Waals surface area contributed by atoms with Crippen molar-refractivity contribution in [2.75, 3.05) is 102 Å². The first-order valence-electron chi connectivity index (χ1n) is 44.8. The molecule has 3 aliphatic heterocycles. The van der Waals surface area contributed by atoms with Crippen LogP contribution in [0.15, 0.2) is 224 Å². The van der Waals surface area contributed by atoms with Gasteiger partial charge >= 0.3 is 41.8 Å². The van der Waals surface area contributed by atoms with Crippen molar-refractivity contribution in [1.82, 2.24) is 14.7 Å². The molecule has 3 heterocycles. The van der Waals surface area contributed by atoms with Crippen LogP contribution in [0.25, 0.3) is 0 Å². The first kappa shape index (κ1) is 107. The van der Waals surface area contributed by atoms with Crippen molar-refractivity contribution in [2.24, 2.45) is 17.8 Å². The number of nitrogens with zero attached hydrogens (tertiary/aromatic N) is 3. The Morgan fingerprint density at radius 1 is 0.314 bits per heavy atom. The van der Waals surface area contributed by atoms with Crippen LogP contribution in [0, 0.1) is 62.9 Å². The molecule has 7 atom stereocenters. The molecular formula is C106H119F3N3O25-. The molecule has 0 aromatic heterocycles. The first-order valence-corrected chi connectivity index (χ1v) is 44.8. The number of carbonyl (C=O) groups excluding carboxylic acids is 5. The molecule has 31 heteroatoms. The highest BCUT2D eigenvalue weighted by molar-refractivity contribution is 5.97. The molecule has 13 rings (SSSR count). The number of piperidine rings is 3. The van der Waals surface area contributed by atoms with Crippen LogP contribution in [0.2, 0.25) is 0 Å². The predicted octanol–water partition coefficient (Wildman–Crippen LogP) is 14.6. The van der Waals surface area contributed by atoms with E-state index in [1.807, 2.05) is 91.0 Å². The van der Waals surface area contributed by atoms with Gasteiger partial charge in [0.15, 0.2) is 40.6 Å². The van der Waals surface area contributed by atoms with Gasteiger partial charge in [-0.15, -0.1) is 0 Å². The van der Waals surface area contributed by atoms with E-state index in [4.69, 9.17) is 47.4 Å². The number of carbonyl (C=O) groups is 8. The van der Waals surface area contributed by atoms with Crippen LogP contribution >= 0.6 is 0 Å². The molecule has 0 amide bonds. The lowest BCUT2D eigenvalue weighted by Gasteiger charge is -2.34. The topological polar surface area (TPSA) is 383 Å². The Morgan fingerprint density at radius 2 is 0.526 bits per heavy atom. The summed E-state index contributed by atoms with van der Waals surface area (Å²) in [7, 11) is 9.62. The monoisotopic (exact) mass is 1890 g/mol. The number of carboxylic acids is 4. The molecule has 3 aliphatic rings. The van der Waals surface area contributed by atoms with Crippen molar-refractivity contribution in [3.05, 3.63) is 320 Å². The van der Waals surface area contributed by atoms with E-state index < -0.39 is 90.5 Å². The van der Waals surface area contributed by atoms with E-state index in [1.54, 1.807) is 119 Å². The number of aliphatic hydroxyl groups excluding tert-OH is 3. The minimum Gasteiger partial charge on any atom is -0.546 e. The summed E-state index contributed by atoms with van der Waals surface area (Å²) in [5.41, 5.74) is 9.35. The molecular weight excluding hydrogens is 1770 g/mol. The van der Waals surface area contributed by atoms with Crippen LogP contribution in [-0.2, 0) is 57.4 Å². The van der Waals surface area contributed by atoms with Crippen LogP contribution in [-0.4, -0.2) is 219 Å². The van der Waals surface area contributed by atoms with Gasteiger partial charge in [-0.05, 0) is 262 Å². The molecule has 3 fully saturated rings. The number of carboxylic acid groups (broad SMARTS) is 4. The number of likely N-dealkylation sites (tertiary alicyclic amines) is 3. The van der Waals surface area contributed by atoms with Crippen molar-refractivity contribution in [1.29, 1.82) is 0 Å². The van der Waals surface area contributed by atoms with Gasteiger partial charge in [-0.25, -0.2) is 46.7 Å². The van der Waals surface area contributed by atoms with E-state index in [0.29, 0.717) is 34.5 Å². The van der Waals surface area contributed by atoms with E-state index in [1.165, 1.54) is 84.9 Å². The molecule has 0 saturated carbocycles. The maximum Gasteiger partial charge on any atom is 0.349 e. The van der Waals surface area contributed by atoms with Crippen molar-refractivity contribution in [3.8, 4) is 34.5 Å². The number of methoxy groups -OCH3 is 6. The molecule has 0 unspecified atom stereocenters. The standard InChI is InChI=1S/3C22H28FNO3.2C20H18O8/c3*1-26-20-5-3-4-19(22(20)27-2)21(25)17-11-14-24(15-12-17)13-10-16-6-8-18(23)9-7-16;2*1-11-3-7-13(8-4-11)19(25)27-15(17(21)22)16(18(23)24)28-20(26)14-9-5-12(2)6-10-14/h3*3-9,17,21,25H,10-15H2,1-2H3;2*3-10,15-16H,1-2H3,(H,21,22)(H,23,24)/p-1/t3*21-;2*15-,16-/m11000/s1. The van der Waals surface area contributed by atoms with Gasteiger partial charge in [-0.3, -0.25) is 0 Å². The number of halogens is 3. The second kappa shape index (κ2) is 53.6. The highest BCUT2D eigenvalue weighted by Crippen LogP contribution is 2.44. The molecule has 730 valence electrons. The number of hydrogen-bond acceptors (Lipinski definition) is 25. The molecule has 0 radical (unpaired) electrons. The number of esters is 4. The van der Waals surface area contributed by atoms with Gasteiger partial charge < -0.3 is 103 Å². The Balaban J connectivity index is 0.000000192. The third kappa shape index (κ3) is 32.0. The van der Waals surface area contributed by atoms with E-state index >= 15 is 0 Å². The number of aliphatic hydroxyl groups is 3. The number of ether oxygens (including phenoxy) is 10. The van der Waals surface area contributed by atoms with Gasteiger partial charge in [0.1, 0.15) is 17.5 Å². The van der Waals surface area contributed by atoms with Crippen LogP contribution in [0.1, 0.15) is 154 Å². The summed E-state index contributed by atoms with van der Waals surface area (Å²) in [5.74, 6) is -7.79. The quantitative estimate of drug-likeness (QED) is 0.0159. The van der Waals surface area contributed by atoms with Crippen LogP contribution in [0.5, 0.6) is 34.5 Å². The third-order valence-electron chi connectivity index (χ3n) is 24.0. The molecule has 0 spiro atoms.